The van der Waals surface area contributed by atoms with Gasteiger partial charge in [0, 0.05) is 12.2 Å². The first kappa shape index (κ1) is 30.8. The Labute approximate surface area is 252 Å². The van der Waals surface area contributed by atoms with E-state index in [4.69, 9.17) is 52.7 Å². The Morgan fingerprint density at radius 3 is 2.24 bits per heavy atom. The van der Waals surface area contributed by atoms with Crippen LogP contribution in [-0.2, 0) is 27.5 Å². The Kier molecular flexibility index (Phi) is 10.8. The normalized spacial score (nSPS) is 13.7. The molecule has 1 saturated heterocycles. The Balaban J connectivity index is 0.000000612. The largest absolute Gasteiger partial charge is 0.486 e. The minimum Gasteiger partial charge on any atom is -0.486 e. The Morgan fingerprint density at radius 1 is 0.905 bits per heavy atom. The second kappa shape index (κ2) is 14.7. The van der Waals surface area contributed by atoms with Gasteiger partial charge in [-0.1, -0.05) is 53.5 Å². The summed E-state index contributed by atoms with van der Waals surface area (Å²) in [6.45, 7) is 3.42. The predicted molar refractivity (Wildman–Crippen MR) is 160 cm³/mol. The summed E-state index contributed by atoms with van der Waals surface area (Å²) in [7, 11) is 0. The van der Waals surface area contributed by atoms with Crippen molar-refractivity contribution >= 4 is 57.8 Å². The van der Waals surface area contributed by atoms with Crippen LogP contribution in [0.1, 0.15) is 18.7 Å². The van der Waals surface area contributed by atoms with E-state index in [0.29, 0.717) is 34.8 Å². The molecule has 1 amide bonds. The Bertz CT molecular complexity index is 1530. The highest BCUT2D eigenvalue weighted by molar-refractivity contribution is 6.42. The number of carboxylic acid groups (broad SMARTS) is 2. The van der Waals surface area contributed by atoms with Crippen molar-refractivity contribution in [2.24, 2.45) is 5.92 Å². The highest BCUT2D eigenvalue weighted by Crippen LogP contribution is 2.26. The zero-order valence-electron chi connectivity index (χ0n) is 22.6. The van der Waals surface area contributed by atoms with Crippen molar-refractivity contribution in [1.29, 1.82) is 0 Å². The van der Waals surface area contributed by atoms with Crippen LogP contribution in [0.3, 0.4) is 0 Å². The molecule has 12 heteroatoms. The SMILES string of the molecule is O=C(CN1CCC(Cn2c(COc3ccccc3)nc3ccccc32)CC1)Nc1ccc(Cl)c(Cl)c1.O=C(O)C(=O)O. The Morgan fingerprint density at radius 2 is 1.57 bits per heavy atom. The van der Waals surface area contributed by atoms with Crippen molar-refractivity contribution in [2.45, 2.75) is 26.0 Å². The van der Waals surface area contributed by atoms with Crippen LogP contribution in [0, 0.1) is 5.92 Å². The molecule has 0 unspecified atom stereocenters. The number of hydrogen-bond donors (Lipinski definition) is 3. The molecule has 0 bridgehead atoms. The number of aliphatic carboxylic acids is 2. The summed E-state index contributed by atoms with van der Waals surface area (Å²) < 4.78 is 8.32. The number of carbonyl (C=O) groups excluding carboxylic acids is 1. The molecule has 0 spiro atoms. The summed E-state index contributed by atoms with van der Waals surface area (Å²) in [6, 6.07) is 23.2. The number of rotatable bonds is 8. The third kappa shape index (κ3) is 8.69. The third-order valence-electron chi connectivity index (χ3n) is 6.75. The number of piperidine rings is 1. The number of halogens is 2. The average molecular weight is 613 g/mol. The van der Waals surface area contributed by atoms with Gasteiger partial charge in [-0.3, -0.25) is 9.69 Å². The minimum absolute atomic E-state index is 0.0483. The lowest BCUT2D eigenvalue weighted by molar-refractivity contribution is -0.159. The number of carbonyl (C=O) groups is 3. The number of likely N-dealkylation sites (tertiary alicyclic amines) is 1. The zero-order valence-corrected chi connectivity index (χ0v) is 24.1. The van der Waals surface area contributed by atoms with Crippen LogP contribution in [0.2, 0.25) is 10.0 Å². The summed E-state index contributed by atoms with van der Waals surface area (Å²) in [4.78, 5) is 37.8. The van der Waals surface area contributed by atoms with E-state index in [0.717, 1.165) is 55.1 Å². The number of aromatic nitrogens is 2. The average Bonchev–Trinajstić information content (AvgIpc) is 3.32. The summed E-state index contributed by atoms with van der Waals surface area (Å²) >= 11 is 12.0. The van der Waals surface area contributed by atoms with E-state index in [-0.39, 0.29) is 5.91 Å². The molecular formula is C30H30Cl2N4O6. The topological polar surface area (TPSA) is 134 Å². The van der Waals surface area contributed by atoms with Gasteiger partial charge >= 0.3 is 11.9 Å². The number of carboxylic acids is 2. The van der Waals surface area contributed by atoms with Crippen LogP contribution in [0.15, 0.2) is 72.8 Å². The van der Waals surface area contributed by atoms with Gasteiger partial charge in [0.25, 0.3) is 0 Å². The quantitative estimate of drug-likeness (QED) is 0.224. The van der Waals surface area contributed by atoms with Gasteiger partial charge in [-0.15, -0.1) is 0 Å². The Hall–Kier alpha value is -4.12. The maximum absolute atomic E-state index is 12.5. The molecule has 3 aromatic carbocycles. The fourth-order valence-electron chi connectivity index (χ4n) is 4.67. The molecule has 0 radical (unpaired) electrons. The van der Waals surface area contributed by atoms with Crippen molar-refractivity contribution in [1.82, 2.24) is 14.5 Å². The van der Waals surface area contributed by atoms with Gasteiger partial charge in [-0.25, -0.2) is 14.6 Å². The molecule has 1 aliphatic heterocycles. The maximum atomic E-state index is 12.5. The number of imidazole rings is 1. The van der Waals surface area contributed by atoms with Crippen molar-refractivity contribution in [3.8, 4) is 5.75 Å². The molecule has 5 rings (SSSR count). The van der Waals surface area contributed by atoms with Gasteiger partial charge in [-0.2, -0.15) is 0 Å². The number of anilines is 1. The molecule has 42 heavy (non-hydrogen) atoms. The molecule has 0 saturated carbocycles. The summed E-state index contributed by atoms with van der Waals surface area (Å²) in [5.41, 5.74) is 2.77. The van der Waals surface area contributed by atoms with E-state index in [9.17, 15) is 4.79 Å². The summed E-state index contributed by atoms with van der Waals surface area (Å²) in [6.07, 6.45) is 2.04. The molecule has 4 aromatic rings. The standard InChI is InChI=1S/C28H28Cl2N4O2.C2H2O4/c29-23-11-10-21(16-24(23)30)31-28(35)18-33-14-12-20(13-15-33)17-34-26-9-5-4-8-25(26)32-27(34)19-36-22-6-2-1-3-7-22;3-1(4)2(5)6/h1-11,16,20H,12-15,17-19H2,(H,31,35);(H,3,4)(H,5,6). The smallest absolute Gasteiger partial charge is 0.414 e. The van der Waals surface area contributed by atoms with E-state index in [1.165, 1.54) is 0 Å². The first-order valence-corrected chi connectivity index (χ1v) is 14.0. The number of para-hydroxylation sites is 3. The number of amides is 1. The molecule has 3 N–H and O–H groups in total. The predicted octanol–water partition coefficient (Wildman–Crippen LogP) is 5.43. The maximum Gasteiger partial charge on any atom is 0.414 e. The number of ether oxygens (including phenoxy) is 1. The van der Waals surface area contributed by atoms with Crippen LogP contribution < -0.4 is 10.1 Å². The molecule has 0 atom stereocenters. The van der Waals surface area contributed by atoms with Crippen LogP contribution in [0.5, 0.6) is 5.75 Å². The van der Waals surface area contributed by atoms with Gasteiger partial charge in [0.15, 0.2) is 0 Å². The minimum atomic E-state index is -1.82. The highest BCUT2D eigenvalue weighted by Gasteiger charge is 2.23. The van der Waals surface area contributed by atoms with Crippen molar-refractivity contribution in [3.63, 3.8) is 0 Å². The first-order chi connectivity index (χ1) is 20.2. The second-order valence-electron chi connectivity index (χ2n) is 9.74. The number of hydrogen-bond acceptors (Lipinski definition) is 6. The van der Waals surface area contributed by atoms with E-state index in [1.807, 2.05) is 42.5 Å². The van der Waals surface area contributed by atoms with Crippen molar-refractivity contribution in [3.05, 3.63) is 88.7 Å². The first-order valence-electron chi connectivity index (χ1n) is 13.2. The van der Waals surface area contributed by atoms with E-state index in [1.54, 1.807) is 18.2 Å². The third-order valence-corrected chi connectivity index (χ3v) is 7.49. The molecule has 1 aromatic heterocycles. The lowest BCUT2D eigenvalue weighted by atomic mass is 9.96. The zero-order chi connectivity index (χ0) is 30.1. The van der Waals surface area contributed by atoms with Crippen LogP contribution in [0.4, 0.5) is 5.69 Å². The molecular weight excluding hydrogens is 583 g/mol. The van der Waals surface area contributed by atoms with E-state index in [2.05, 4.69) is 26.9 Å². The number of benzene rings is 3. The van der Waals surface area contributed by atoms with Crippen molar-refractivity contribution in [2.75, 3.05) is 25.0 Å². The lowest BCUT2D eigenvalue weighted by Crippen LogP contribution is -2.40. The summed E-state index contributed by atoms with van der Waals surface area (Å²) in [5.74, 6) is -1.42. The van der Waals surface area contributed by atoms with Crippen LogP contribution in [0.25, 0.3) is 11.0 Å². The van der Waals surface area contributed by atoms with Gasteiger partial charge in [0.05, 0.1) is 27.6 Å². The van der Waals surface area contributed by atoms with Gasteiger partial charge in [0.1, 0.15) is 18.2 Å². The highest BCUT2D eigenvalue weighted by atomic mass is 35.5. The molecule has 2 heterocycles. The van der Waals surface area contributed by atoms with Crippen molar-refractivity contribution < 1.29 is 29.3 Å². The molecule has 220 valence electrons. The number of nitrogens with zero attached hydrogens (tertiary/aromatic N) is 3. The van der Waals surface area contributed by atoms with Crippen LogP contribution >= 0.6 is 23.2 Å². The van der Waals surface area contributed by atoms with Gasteiger partial charge in [-0.05, 0) is 74.3 Å². The van der Waals surface area contributed by atoms with E-state index >= 15 is 0 Å². The molecule has 10 nitrogen and oxygen atoms in total. The molecule has 1 fully saturated rings. The van der Waals surface area contributed by atoms with Gasteiger partial charge < -0.3 is 24.8 Å². The number of fused-ring (bicyclic) bond motifs is 1. The second-order valence-corrected chi connectivity index (χ2v) is 10.6. The fourth-order valence-corrected chi connectivity index (χ4v) is 4.96. The molecule has 1 aliphatic rings. The fraction of sp³-hybridized carbons (Fsp3) is 0.267. The lowest BCUT2D eigenvalue weighted by Gasteiger charge is -2.32. The van der Waals surface area contributed by atoms with Gasteiger partial charge in [0.2, 0.25) is 5.91 Å². The monoisotopic (exact) mass is 612 g/mol. The number of nitrogens with one attached hydrogen (secondary N) is 1. The van der Waals surface area contributed by atoms with E-state index < -0.39 is 11.9 Å². The van der Waals surface area contributed by atoms with Crippen LogP contribution in [-0.4, -0.2) is 62.1 Å². The summed E-state index contributed by atoms with van der Waals surface area (Å²) in [5, 5.41) is 18.6. The molecule has 0 aliphatic carbocycles.